The summed E-state index contributed by atoms with van der Waals surface area (Å²) in [6.45, 7) is 0. The van der Waals surface area contributed by atoms with E-state index in [4.69, 9.17) is 0 Å². The van der Waals surface area contributed by atoms with E-state index in [1.165, 1.54) is 0 Å². The SMILES string of the molecule is [Cl][Ru].[Cl][Ru].[NH2-].[NH2-].[NH2-].[NH2-].[NH2-].[NH2-].[NH2-].[NH2-].[NH2-]. The van der Waals surface area contributed by atoms with Crippen LogP contribution in [-0.2, 0) is 34.6 Å². The van der Waals surface area contributed by atoms with Crippen molar-refractivity contribution in [2.45, 2.75) is 0 Å². The molecule has 0 bridgehead atoms. The van der Waals surface area contributed by atoms with Gasteiger partial charge < -0.3 is 55.4 Å². The molecule has 0 aromatic heterocycles. The van der Waals surface area contributed by atoms with E-state index >= 15 is 0 Å². The fourth-order valence-corrected chi connectivity index (χ4v) is 0. The Morgan fingerprint density at radius 2 is 0.308 bits per heavy atom. The molecule has 0 heterocycles. The summed E-state index contributed by atoms with van der Waals surface area (Å²) in [5.41, 5.74) is 0. The number of hydrogen-bond acceptors (Lipinski definition) is 0. The quantitative estimate of drug-likeness (QED) is 0.340. The molecule has 0 aromatic rings. The third-order valence-corrected chi connectivity index (χ3v) is 0. The average molecular weight is 417 g/mol. The summed E-state index contributed by atoms with van der Waals surface area (Å²) in [7, 11) is 9.14. The topological polar surface area (TPSA) is 302 Å². The van der Waals surface area contributed by atoms with E-state index in [0.717, 1.165) is 0 Å². The Bertz CT molecular complexity index is 15.6. The molecule has 0 saturated carbocycles. The summed E-state index contributed by atoms with van der Waals surface area (Å²) in [6.07, 6.45) is 0. The molecule has 13 heteroatoms. The molecule has 0 aliphatic rings. The van der Waals surface area contributed by atoms with E-state index < -0.39 is 0 Å². The summed E-state index contributed by atoms with van der Waals surface area (Å²) < 4.78 is 0. The summed E-state index contributed by atoms with van der Waals surface area (Å²) >= 11 is 3.64. The van der Waals surface area contributed by atoms with Crippen LogP contribution in [0, 0.1) is 0 Å². The van der Waals surface area contributed by atoms with Crippen LogP contribution in [0.5, 0.6) is 0 Å². The standard InChI is InChI=1S/2ClH.9H2N.2Ru/h2*1H;9*1H2;;/q;;9*-1;2*+1/p-2. The maximum absolute atomic E-state index is 4.57. The maximum atomic E-state index is 4.57. The Hall–Kier alpha value is 1.47. The van der Waals surface area contributed by atoms with E-state index in [0.29, 0.717) is 0 Å². The second kappa shape index (κ2) is 973. The van der Waals surface area contributed by atoms with Gasteiger partial charge in [0.25, 0.3) is 0 Å². The molecule has 102 valence electrons. The van der Waals surface area contributed by atoms with Gasteiger partial charge >= 0.3 is 54.0 Å². The summed E-state index contributed by atoms with van der Waals surface area (Å²) in [6, 6.07) is 0. The second-order valence-electron chi connectivity index (χ2n) is 0. The Labute approximate surface area is 109 Å². The van der Waals surface area contributed by atoms with Crippen molar-refractivity contribution in [1.29, 1.82) is 0 Å². The smallest absolute Gasteiger partial charge is 0.693 e. The third kappa shape index (κ3) is 823. The number of hydrogen-bond donors (Lipinski definition) is 0. The van der Waals surface area contributed by atoms with Gasteiger partial charge in [0.15, 0.2) is 0 Å². The molecule has 0 aromatic carbocycles. The Balaban J connectivity index is -0.000000000404. The van der Waals surface area contributed by atoms with Crippen LogP contribution in [0.2, 0.25) is 0 Å². The number of halogens is 2. The van der Waals surface area contributed by atoms with Gasteiger partial charge in [-0.25, -0.2) is 0 Å². The predicted molar refractivity (Wildman–Crippen MR) is 59.3 cm³/mol. The second-order valence-corrected chi connectivity index (χ2v) is 0. The van der Waals surface area contributed by atoms with Crippen LogP contribution in [0.25, 0.3) is 55.4 Å². The first-order valence-corrected chi connectivity index (χ1v) is 4.74. The molecule has 13 heavy (non-hydrogen) atoms. The van der Waals surface area contributed by atoms with Crippen molar-refractivity contribution in [3.8, 4) is 0 Å². The summed E-state index contributed by atoms with van der Waals surface area (Å²) in [5.74, 6) is 0. The van der Waals surface area contributed by atoms with Crippen LogP contribution in [-0.4, -0.2) is 0 Å². The molecule has 0 rings (SSSR count). The molecule has 18 N–H and O–H groups in total. The van der Waals surface area contributed by atoms with Crippen LogP contribution < -0.4 is 0 Å². The number of nitrogens with two attached hydrogens (primary N) is 9. The van der Waals surface area contributed by atoms with Crippen molar-refractivity contribution >= 4 is 19.4 Å². The normalized spacial score (nSPS) is 0.923. The molecule has 0 atom stereocenters. The largest absolute Gasteiger partial charge is 0.693 e. The minimum Gasteiger partial charge on any atom is -0.693 e. The van der Waals surface area contributed by atoms with Crippen molar-refractivity contribution in [2.24, 2.45) is 0 Å². The van der Waals surface area contributed by atoms with Crippen molar-refractivity contribution in [2.75, 3.05) is 0 Å². The first-order chi connectivity index (χ1) is 2.00. The molecule has 0 fully saturated rings. The van der Waals surface area contributed by atoms with Crippen LogP contribution in [0.1, 0.15) is 0 Å². The average Bonchev–Trinajstić information content (AvgIpc) is 1.50. The van der Waals surface area contributed by atoms with Crippen LogP contribution >= 0.6 is 19.4 Å². The molecule has 0 radical (unpaired) electrons. The van der Waals surface area contributed by atoms with Gasteiger partial charge in [0, 0.05) is 0 Å². The van der Waals surface area contributed by atoms with Crippen molar-refractivity contribution < 1.29 is 34.6 Å². The van der Waals surface area contributed by atoms with Gasteiger partial charge in [-0.2, -0.15) is 0 Å². The van der Waals surface area contributed by atoms with Gasteiger partial charge in [0.05, 0.1) is 0 Å². The zero-order valence-corrected chi connectivity index (χ0v) is 11.6. The first-order valence-electron chi connectivity index (χ1n) is 0.267. The van der Waals surface area contributed by atoms with Crippen LogP contribution in [0.15, 0.2) is 0 Å². The van der Waals surface area contributed by atoms with Gasteiger partial charge in [-0.1, -0.05) is 0 Å². The van der Waals surface area contributed by atoms with Crippen LogP contribution in [0.3, 0.4) is 0 Å². The molecule has 0 aliphatic carbocycles. The minimum absolute atomic E-state index is 0. The Morgan fingerprint density at radius 1 is 0.308 bits per heavy atom. The van der Waals surface area contributed by atoms with Crippen molar-refractivity contribution in [3.05, 3.63) is 55.4 Å². The van der Waals surface area contributed by atoms with Gasteiger partial charge in [-0.05, 0) is 0 Å². The van der Waals surface area contributed by atoms with Crippen LogP contribution in [0.4, 0.5) is 0 Å². The van der Waals surface area contributed by atoms with E-state index in [1.54, 1.807) is 0 Å². The van der Waals surface area contributed by atoms with E-state index in [-0.39, 0.29) is 55.4 Å². The molecule has 0 unspecified atom stereocenters. The van der Waals surface area contributed by atoms with Crippen molar-refractivity contribution in [1.82, 2.24) is 0 Å². The Kier molecular flexibility index (Phi) is 16300. The van der Waals surface area contributed by atoms with E-state index in [2.05, 4.69) is 19.4 Å². The fourth-order valence-electron chi connectivity index (χ4n) is 0. The van der Waals surface area contributed by atoms with Gasteiger partial charge in [-0.3, -0.25) is 0 Å². The maximum Gasteiger partial charge on any atom is -0.693 e. The monoisotopic (exact) mass is 418 g/mol. The van der Waals surface area contributed by atoms with Crippen molar-refractivity contribution in [3.63, 3.8) is 0 Å². The zero-order chi connectivity index (χ0) is 4.00. The molecule has 0 saturated heterocycles. The zero-order valence-electron chi connectivity index (χ0n) is 6.66. The molecular weight excluding hydrogens is 399 g/mol. The minimum atomic E-state index is 0. The van der Waals surface area contributed by atoms with Gasteiger partial charge in [-0.15, -0.1) is 0 Å². The molecule has 0 aliphatic heterocycles. The Morgan fingerprint density at radius 3 is 0.308 bits per heavy atom. The van der Waals surface area contributed by atoms with E-state index in [9.17, 15) is 0 Å². The molecule has 0 spiro atoms. The molecule has 0 amide bonds. The van der Waals surface area contributed by atoms with E-state index in [1.807, 2.05) is 34.6 Å². The third-order valence-electron chi connectivity index (χ3n) is 0. The molecular formula is H18Cl2N9Ru2-9. The number of rotatable bonds is 0. The summed E-state index contributed by atoms with van der Waals surface area (Å²) in [5, 5.41) is 0. The predicted octanol–water partition coefficient (Wildman–Crippen LogP) is 7.83. The molecule has 9 nitrogen and oxygen atoms in total. The first kappa shape index (κ1) is 218. The summed E-state index contributed by atoms with van der Waals surface area (Å²) in [4.78, 5) is 0. The van der Waals surface area contributed by atoms with Gasteiger partial charge in [0.1, 0.15) is 0 Å². The van der Waals surface area contributed by atoms with Gasteiger partial charge in [0.2, 0.25) is 0 Å². The fraction of sp³-hybridized carbons (Fsp3) is 0.